The number of aromatic nitrogens is 2. The van der Waals surface area contributed by atoms with E-state index in [0.29, 0.717) is 0 Å². The monoisotopic (exact) mass is 742 g/mol. The van der Waals surface area contributed by atoms with E-state index in [-0.39, 0.29) is 0 Å². The third-order valence-electron chi connectivity index (χ3n) is 11.7. The summed E-state index contributed by atoms with van der Waals surface area (Å²) in [6.45, 7) is 0. The van der Waals surface area contributed by atoms with E-state index < -0.39 is 0 Å². The predicted molar refractivity (Wildman–Crippen MR) is 244 cm³/mol. The van der Waals surface area contributed by atoms with E-state index in [9.17, 15) is 0 Å². The lowest BCUT2D eigenvalue weighted by molar-refractivity contribution is 1.18. The largest absolute Gasteiger partial charge is 0.309 e. The van der Waals surface area contributed by atoms with Crippen molar-refractivity contribution in [3.05, 3.63) is 206 Å². The van der Waals surface area contributed by atoms with Crippen LogP contribution in [0.25, 0.3) is 109 Å². The molecule has 0 aliphatic carbocycles. The molecule has 0 aliphatic rings. The molecule has 0 saturated heterocycles. The number of benzene rings is 9. The van der Waals surface area contributed by atoms with Crippen LogP contribution < -0.4 is 0 Å². The van der Waals surface area contributed by atoms with Crippen LogP contribution in [0.5, 0.6) is 0 Å². The molecule has 12 aromatic rings. The molecule has 266 valence electrons. The van der Waals surface area contributed by atoms with E-state index in [1.807, 2.05) is 11.3 Å². The Morgan fingerprint density at radius 1 is 0.298 bits per heavy atom. The van der Waals surface area contributed by atoms with Crippen LogP contribution in [0.2, 0.25) is 0 Å². The zero-order valence-corrected chi connectivity index (χ0v) is 31.7. The van der Waals surface area contributed by atoms with Crippen molar-refractivity contribution in [3.8, 4) is 44.8 Å². The van der Waals surface area contributed by atoms with E-state index in [1.165, 1.54) is 103 Å². The lowest BCUT2D eigenvalue weighted by Gasteiger charge is -2.11. The molecule has 2 nitrogen and oxygen atoms in total. The zero-order chi connectivity index (χ0) is 37.5. The van der Waals surface area contributed by atoms with E-state index in [4.69, 9.17) is 0 Å². The molecule has 57 heavy (non-hydrogen) atoms. The maximum atomic E-state index is 2.47. The Morgan fingerprint density at radius 2 is 0.877 bits per heavy atom. The van der Waals surface area contributed by atoms with Gasteiger partial charge in [0.15, 0.2) is 0 Å². The number of hydrogen-bond acceptors (Lipinski definition) is 1. The summed E-state index contributed by atoms with van der Waals surface area (Å²) in [5, 5.41) is 7.64. The van der Waals surface area contributed by atoms with Crippen molar-refractivity contribution in [2.75, 3.05) is 0 Å². The highest BCUT2D eigenvalue weighted by Gasteiger charge is 2.20. The van der Waals surface area contributed by atoms with E-state index in [0.717, 1.165) is 5.69 Å². The second kappa shape index (κ2) is 12.7. The van der Waals surface area contributed by atoms with Gasteiger partial charge in [0, 0.05) is 47.4 Å². The molecule has 12 rings (SSSR count). The summed E-state index contributed by atoms with van der Waals surface area (Å²) >= 11 is 1.87. The molecule has 9 aromatic carbocycles. The lowest BCUT2D eigenvalue weighted by Crippen LogP contribution is -1.95. The zero-order valence-electron chi connectivity index (χ0n) is 30.9. The van der Waals surface area contributed by atoms with Crippen molar-refractivity contribution in [3.63, 3.8) is 0 Å². The van der Waals surface area contributed by atoms with Gasteiger partial charge in [-0.15, -0.1) is 11.3 Å². The van der Waals surface area contributed by atoms with Crippen molar-refractivity contribution in [2.45, 2.75) is 0 Å². The Labute approximate surface area is 333 Å². The van der Waals surface area contributed by atoms with E-state index >= 15 is 0 Å². The van der Waals surface area contributed by atoms with Crippen molar-refractivity contribution in [1.82, 2.24) is 9.13 Å². The number of nitrogens with zero attached hydrogens (tertiary/aromatic N) is 2. The number of fused-ring (bicyclic) bond motifs is 9. The Hall–Kier alpha value is -7.20. The van der Waals surface area contributed by atoms with Gasteiger partial charge in [0.25, 0.3) is 0 Å². The van der Waals surface area contributed by atoms with Gasteiger partial charge in [0.05, 0.1) is 27.8 Å². The van der Waals surface area contributed by atoms with Gasteiger partial charge in [-0.25, -0.2) is 0 Å². The first-order chi connectivity index (χ1) is 28.3. The average molecular weight is 743 g/mol. The van der Waals surface area contributed by atoms with Crippen LogP contribution in [0.3, 0.4) is 0 Å². The predicted octanol–water partition coefficient (Wildman–Crippen LogP) is 15.2. The highest BCUT2D eigenvalue weighted by atomic mass is 32.1. The Kier molecular flexibility index (Phi) is 7.13. The summed E-state index contributed by atoms with van der Waals surface area (Å²) in [6.07, 6.45) is 0. The standard InChI is InChI=1S/C54H34N2S/c1-3-14-35(15-4-1)37-18-11-19-40(32-37)55-48-31-29-39(34-45(48)53-41(22-12-24-49(53)55)36-16-5-2-6-17-36)38-28-30-47-44(33-38)42-20-7-9-23-46(42)56(47)50-25-13-27-52-54(50)43-21-8-10-26-51(43)57-52/h1-34H. The third-order valence-corrected chi connectivity index (χ3v) is 12.8. The Morgan fingerprint density at radius 3 is 1.70 bits per heavy atom. The molecule has 0 radical (unpaired) electrons. The van der Waals surface area contributed by atoms with Crippen LogP contribution >= 0.6 is 11.3 Å². The van der Waals surface area contributed by atoms with Crippen molar-refractivity contribution in [1.29, 1.82) is 0 Å². The molecule has 0 aliphatic heterocycles. The Bertz CT molecular complexity index is 3510. The molecular weight excluding hydrogens is 709 g/mol. The molecule has 0 unspecified atom stereocenters. The first-order valence-corrected chi connectivity index (χ1v) is 20.3. The SMILES string of the molecule is c1ccc(-c2cccc(-n3c4ccc(-c5ccc6c(c5)c5ccccc5n6-c5cccc6sc7ccccc7c56)cc4c4c(-c5ccccc5)cccc43)c2)cc1. The number of rotatable bonds is 5. The molecule has 0 N–H and O–H groups in total. The van der Waals surface area contributed by atoms with Gasteiger partial charge >= 0.3 is 0 Å². The average Bonchev–Trinajstić information content (AvgIpc) is 3.94. The minimum absolute atomic E-state index is 1.15. The number of para-hydroxylation sites is 1. The fraction of sp³-hybridized carbons (Fsp3) is 0. The van der Waals surface area contributed by atoms with Crippen molar-refractivity contribution >= 4 is 75.1 Å². The molecular formula is C54H34N2S. The fourth-order valence-corrected chi connectivity index (χ4v) is 10.3. The maximum Gasteiger partial charge on any atom is 0.0555 e. The Balaban J connectivity index is 1.09. The van der Waals surface area contributed by atoms with Gasteiger partial charge in [0.1, 0.15) is 0 Å². The normalized spacial score (nSPS) is 11.9. The number of hydrogen-bond donors (Lipinski definition) is 0. The lowest BCUT2D eigenvalue weighted by atomic mass is 9.97. The molecule has 3 aromatic heterocycles. The maximum absolute atomic E-state index is 2.47. The highest BCUT2D eigenvalue weighted by molar-refractivity contribution is 7.25. The first-order valence-electron chi connectivity index (χ1n) is 19.5. The van der Waals surface area contributed by atoms with Crippen LogP contribution in [0, 0.1) is 0 Å². The summed E-state index contributed by atoms with van der Waals surface area (Å²) in [7, 11) is 0. The van der Waals surface area contributed by atoms with Crippen molar-refractivity contribution < 1.29 is 0 Å². The minimum Gasteiger partial charge on any atom is -0.309 e. The molecule has 0 spiro atoms. The van der Waals surface area contributed by atoms with Gasteiger partial charge < -0.3 is 9.13 Å². The van der Waals surface area contributed by atoms with Crippen LogP contribution in [0.4, 0.5) is 0 Å². The molecule has 0 amide bonds. The molecule has 0 bridgehead atoms. The second-order valence-electron chi connectivity index (χ2n) is 14.9. The summed E-state index contributed by atoms with van der Waals surface area (Å²) in [6, 6.07) is 75.6. The van der Waals surface area contributed by atoms with Crippen molar-refractivity contribution in [2.24, 2.45) is 0 Å². The highest BCUT2D eigenvalue weighted by Crippen LogP contribution is 2.44. The molecule has 0 atom stereocenters. The smallest absolute Gasteiger partial charge is 0.0555 e. The summed E-state index contributed by atoms with van der Waals surface area (Å²) in [5.74, 6) is 0. The minimum atomic E-state index is 1.15. The van der Waals surface area contributed by atoms with Gasteiger partial charge in [-0.3, -0.25) is 0 Å². The van der Waals surface area contributed by atoms with Gasteiger partial charge in [-0.1, -0.05) is 140 Å². The van der Waals surface area contributed by atoms with Gasteiger partial charge in [-0.2, -0.15) is 0 Å². The topological polar surface area (TPSA) is 9.86 Å². The molecule has 0 fully saturated rings. The summed E-state index contributed by atoms with van der Waals surface area (Å²) < 4.78 is 7.55. The van der Waals surface area contributed by atoms with Crippen LogP contribution in [-0.2, 0) is 0 Å². The summed E-state index contributed by atoms with van der Waals surface area (Å²) in [4.78, 5) is 0. The quantitative estimate of drug-likeness (QED) is 0.166. The van der Waals surface area contributed by atoms with Crippen LogP contribution in [-0.4, -0.2) is 9.13 Å². The van der Waals surface area contributed by atoms with Crippen LogP contribution in [0.1, 0.15) is 0 Å². The number of thiophene rings is 1. The molecule has 3 heterocycles. The first kappa shape index (κ1) is 32.1. The molecule has 3 heteroatoms. The summed E-state index contributed by atoms with van der Waals surface area (Å²) in [5.41, 5.74) is 14.5. The van der Waals surface area contributed by atoms with Gasteiger partial charge in [-0.05, 0) is 100 Å². The van der Waals surface area contributed by atoms with E-state index in [2.05, 4.69) is 215 Å². The van der Waals surface area contributed by atoms with E-state index in [1.54, 1.807) is 0 Å². The van der Waals surface area contributed by atoms with Gasteiger partial charge in [0.2, 0.25) is 0 Å². The van der Waals surface area contributed by atoms with Crippen LogP contribution in [0.15, 0.2) is 206 Å². The third kappa shape index (κ3) is 4.96. The molecule has 0 saturated carbocycles. The fourth-order valence-electron chi connectivity index (χ4n) is 9.20. The second-order valence-corrected chi connectivity index (χ2v) is 16.0.